The van der Waals surface area contributed by atoms with Crippen LogP contribution < -0.4 is 5.73 Å². The number of aromatic nitrogens is 2. The van der Waals surface area contributed by atoms with Crippen molar-refractivity contribution in [1.82, 2.24) is 9.78 Å². The van der Waals surface area contributed by atoms with Crippen molar-refractivity contribution in [3.63, 3.8) is 0 Å². The van der Waals surface area contributed by atoms with Crippen LogP contribution in [0.25, 0.3) is 0 Å². The van der Waals surface area contributed by atoms with E-state index in [1.54, 1.807) is 0 Å². The van der Waals surface area contributed by atoms with E-state index in [2.05, 4.69) is 16.0 Å². The SMILES string of the molecule is NCc1cnn(C2CCOC3(CCCCC3)C2)c1. The van der Waals surface area contributed by atoms with Gasteiger partial charge in [-0.25, -0.2) is 0 Å². The van der Waals surface area contributed by atoms with E-state index in [9.17, 15) is 0 Å². The van der Waals surface area contributed by atoms with Crippen LogP contribution >= 0.6 is 0 Å². The summed E-state index contributed by atoms with van der Waals surface area (Å²) in [5.74, 6) is 0. The summed E-state index contributed by atoms with van der Waals surface area (Å²) in [5, 5.41) is 4.47. The standard InChI is InChI=1S/C14H23N3O/c15-9-12-10-16-17(11-12)13-4-7-18-14(8-13)5-2-1-3-6-14/h10-11,13H,1-9,15H2. The van der Waals surface area contributed by atoms with E-state index in [0.717, 1.165) is 25.0 Å². The van der Waals surface area contributed by atoms with Gasteiger partial charge in [-0.1, -0.05) is 19.3 Å². The third-order valence-corrected chi connectivity index (χ3v) is 4.50. The van der Waals surface area contributed by atoms with Crippen LogP contribution in [0.4, 0.5) is 0 Å². The van der Waals surface area contributed by atoms with Gasteiger partial charge in [0.1, 0.15) is 0 Å². The quantitative estimate of drug-likeness (QED) is 0.875. The van der Waals surface area contributed by atoms with E-state index in [1.165, 1.54) is 32.1 Å². The number of rotatable bonds is 2. The molecule has 1 aliphatic carbocycles. The van der Waals surface area contributed by atoms with Crippen molar-refractivity contribution in [2.75, 3.05) is 6.61 Å². The van der Waals surface area contributed by atoms with Crippen molar-refractivity contribution in [1.29, 1.82) is 0 Å². The van der Waals surface area contributed by atoms with Crippen molar-refractivity contribution in [3.05, 3.63) is 18.0 Å². The molecule has 1 unspecified atom stereocenters. The molecule has 1 spiro atoms. The fourth-order valence-corrected chi connectivity index (χ4v) is 3.45. The van der Waals surface area contributed by atoms with Crippen LogP contribution in [0.2, 0.25) is 0 Å². The van der Waals surface area contributed by atoms with Crippen LogP contribution in [0.5, 0.6) is 0 Å². The highest BCUT2D eigenvalue weighted by atomic mass is 16.5. The average Bonchev–Trinajstić information content (AvgIpc) is 2.88. The van der Waals surface area contributed by atoms with Crippen LogP contribution in [-0.2, 0) is 11.3 Å². The summed E-state index contributed by atoms with van der Waals surface area (Å²) < 4.78 is 8.24. The zero-order valence-corrected chi connectivity index (χ0v) is 11.0. The molecule has 1 saturated heterocycles. The molecule has 2 heterocycles. The number of nitrogens with zero attached hydrogens (tertiary/aromatic N) is 2. The van der Waals surface area contributed by atoms with Gasteiger partial charge in [0.05, 0.1) is 17.8 Å². The minimum Gasteiger partial charge on any atom is -0.375 e. The summed E-state index contributed by atoms with van der Waals surface area (Å²) in [6.07, 6.45) is 12.7. The molecular formula is C14H23N3O. The summed E-state index contributed by atoms with van der Waals surface area (Å²) >= 11 is 0. The summed E-state index contributed by atoms with van der Waals surface area (Å²) in [7, 11) is 0. The van der Waals surface area contributed by atoms with Gasteiger partial charge in [0.25, 0.3) is 0 Å². The number of hydrogen-bond donors (Lipinski definition) is 1. The van der Waals surface area contributed by atoms with Crippen molar-refractivity contribution in [2.45, 2.75) is 63.1 Å². The first-order valence-corrected chi connectivity index (χ1v) is 7.18. The second kappa shape index (κ2) is 5.02. The van der Waals surface area contributed by atoms with E-state index in [0.29, 0.717) is 12.6 Å². The first kappa shape index (κ1) is 12.2. The summed E-state index contributed by atoms with van der Waals surface area (Å²) in [4.78, 5) is 0. The van der Waals surface area contributed by atoms with E-state index in [1.807, 2.05) is 6.20 Å². The Bertz CT molecular complexity index is 390. The first-order chi connectivity index (χ1) is 8.81. The normalized spacial score (nSPS) is 27.5. The molecular weight excluding hydrogens is 226 g/mol. The lowest BCUT2D eigenvalue weighted by Gasteiger charge is -2.43. The van der Waals surface area contributed by atoms with Crippen molar-refractivity contribution >= 4 is 0 Å². The zero-order chi connectivity index (χ0) is 12.4. The third kappa shape index (κ3) is 2.31. The Morgan fingerprint density at radius 3 is 2.94 bits per heavy atom. The highest BCUT2D eigenvalue weighted by Crippen LogP contribution is 2.42. The van der Waals surface area contributed by atoms with E-state index >= 15 is 0 Å². The minimum atomic E-state index is 0.149. The van der Waals surface area contributed by atoms with Gasteiger partial charge in [-0.2, -0.15) is 5.10 Å². The molecule has 1 aliphatic heterocycles. The van der Waals surface area contributed by atoms with Crippen LogP contribution in [0.1, 0.15) is 56.6 Å². The molecule has 1 aromatic rings. The van der Waals surface area contributed by atoms with E-state index in [4.69, 9.17) is 10.5 Å². The minimum absolute atomic E-state index is 0.149. The third-order valence-electron chi connectivity index (χ3n) is 4.50. The van der Waals surface area contributed by atoms with Crippen LogP contribution in [0.15, 0.2) is 12.4 Å². The topological polar surface area (TPSA) is 53.1 Å². The Hall–Kier alpha value is -0.870. The van der Waals surface area contributed by atoms with Gasteiger partial charge in [-0.15, -0.1) is 0 Å². The molecule has 2 fully saturated rings. The van der Waals surface area contributed by atoms with Crippen LogP contribution in [0, 0.1) is 0 Å². The molecule has 0 aromatic carbocycles. The molecule has 0 amide bonds. The molecule has 2 aliphatic rings. The maximum absolute atomic E-state index is 6.13. The average molecular weight is 249 g/mol. The predicted octanol–water partition coefficient (Wildman–Crippen LogP) is 2.40. The van der Waals surface area contributed by atoms with Gasteiger partial charge in [-0.3, -0.25) is 4.68 Å². The highest BCUT2D eigenvalue weighted by molar-refractivity contribution is 5.04. The fourth-order valence-electron chi connectivity index (χ4n) is 3.45. The molecule has 100 valence electrons. The zero-order valence-electron chi connectivity index (χ0n) is 11.0. The lowest BCUT2D eigenvalue weighted by Crippen LogP contribution is -2.42. The molecule has 2 N–H and O–H groups in total. The molecule has 4 heteroatoms. The van der Waals surface area contributed by atoms with Gasteiger partial charge in [0.15, 0.2) is 0 Å². The van der Waals surface area contributed by atoms with Gasteiger partial charge < -0.3 is 10.5 Å². The molecule has 1 atom stereocenters. The Kier molecular flexibility index (Phi) is 3.39. The van der Waals surface area contributed by atoms with E-state index < -0.39 is 0 Å². The lowest BCUT2D eigenvalue weighted by atomic mass is 9.78. The predicted molar refractivity (Wildman–Crippen MR) is 70.2 cm³/mol. The highest BCUT2D eigenvalue weighted by Gasteiger charge is 2.39. The van der Waals surface area contributed by atoms with Crippen molar-refractivity contribution < 1.29 is 4.74 Å². The maximum Gasteiger partial charge on any atom is 0.0703 e. The lowest BCUT2D eigenvalue weighted by molar-refractivity contribution is -0.115. The van der Waals surface area contributed by atoms with Gasteiger partial charge in [0.2, 0.25) is 0 Å². The smallest absolute Gasteiger partial charge is 0.0703 e. The summed E-state index contributed by atoms with van der Waals surface area (Å²) in [6.45, 7) is 1.46. The molecule has 0 radical (unpaired) electrons. The molecule has 1 aromatic heterocycles. The maximum atomic E-state index is 6.13. The Balaban J connectivity index is 1.73. The molecule has 18 heavy (non-hydrogen) atoms. The molecule has 1 saturated carbocycles. The molecule has 4 nitrogen and oxygen atoms in total. The monoisotopic (exact) mass is 249 g/mol. The van der Waals surface area contributed by atoms with Crippen molar-refractivity contribution in [2.24, 2.45) is 5.73 Å². The number of nitrogens with two attached hydrogens (primary N) is 1. The fraction of sp³-hybridized carbons (Fsp3) is 0.786. The van der Waals surface area contributed by atoms with Crippen LogP contribution in [-0.4, -0.2) is 22.0 Å². The molecule has 0 bridgehead atoms. The second-order valence-corrected chi connectivity index (χ2v) is 5.77. The Morgan fingerprint density at radius 1 is 1.39 bits per heavy atom. The Labute approximate surface area is 108 Å². The largest absolute Gasteiger partial charge is 0.375 e. The van der Waals surface area contributed by atoms with Gasteiger partial charge in [-0.05, 0) is 25.7 Å². The van der Waals surface area contributed by atoms with Crippen LogP contribution in [0.3, 0.4) is 0 Å². The summed E-state index contributed by atoms with van der Waals surface area (Å²) in [6, 6.07) is 0.497. The van der Waals surface area contributed by atoms with E-state index in [-0.39, 0.29) is 5.60 Å². The number of hydrogen-bond acceptors (Lipinski definition) is 3. The van der Waals surface area contributed by atoms with Gasteiger partial charge >= 0.3 is 0 Å². The molecule has 3 rings (SSSR count). The second-order valence-electron chi connectivity index (χ2n) is 5.77. The Morgan fingerprint density at radius 2 is 2.22 bits per heavy atom. The first-order valence-electron chi connectivity index (χ1n) is 7.18. The number of ether oxygens (including phenoxy) is 1. The van der Waals surface area contributed by atoms with Crippen molar-refractivity contribution in [3.8, 4) is 0 Å². The van der Waals surface area contributed by atoms with Gasteiger partial charge in [0, 0.05) is 24.9 Å². The summed E-state index contributed by atoms with van der Waals surface area (Å²) in [5.41, 5.74) is 6.92.